The summed E-state index contributed by atoms with van der Waals surface area (Å²) < 4.78 is 10.5. The minimum atomic E-state index is -1.11. The highest BCUT2D eigenvalue weighted by Gasteiger charge is 2.21. The predicted octanol–water partition coefficient (Wildman–Crippen LogP) is 2.02. The quantitative estimate of drug-likeness (QED) is 0.728. The molecule has 0 bridgehead atoms. The van der Waals surface area contributed by atoms with Gasteiger partial charge in [-0.2, -0.15) is 0 Å². The van der Waals surface area contributed by atoms with Crippen LogP contribution < -0.4 is 10.1 Å². The second-order valence-electron chi connectivity index (χ2n) is 5.45. The van der Waals surface area contributed by atoms with E-state index in [1.165, 1.54) is 7.11 Å². The lowest BCUT2D eigenvalue weighted by atomic mass is 10.0. The Balaban J connectivity index is 1.88. The second-order valence-corrected chi connectivity index (χ2v) is 5.45. The molecule has 25 heavy (non-hydrogen) atoms. The van der Waals surface area contributed by atoms with Gasteiger partial charge in [0.1, 0.15) is 18.4 Å². The summed E-state index contributed by atoms with van der Waals surface area (Å²) in [4.78, 5) is 23.4. The first-order valence-corrected chi connectivity index (χ1v) is 7.86. The van der Waals surface area contributed by atoms with Crippen molar-refractivity contribution in [1.29, 1.82) is 0 Å². The molecule has 0 aromatic heterocycles. The summed E-state index contributed by atoms with van der Waals surface area (Å²) in [5.74, 6) is -0.996. The van der Waals surface area contributed by atoms with Crippen LogP contribution in [0.15, 0.2) is 54.6 Å². The lowest BCUT2D eigenvalue weighted by Crippen LogP contribution is -2.43. The van der Waals surface area contributed by atoms with Gasteiger partial charge in [0.15, 0.2) is 0 Å². The van der Waals surface area contributed by atoms with Crippen molar-refractivity contribution in [3.05, 3.63) is 65.7 Å². The zero-order chi connectivity index (χ0) is 18.1. The van der Waals surface area contributed by atoms with Crippen molar-refractivity contribution in [2.45, 2.75) is 19.1 Å². The number of rotatable bonds is 9. The molecule has 0 radical (unpaired) electrons. The van der Waals surface area contributed by atoms with Gasteiger partial charge in [0, 0.05) is 6.42 Å². The monoisotopic (exact) mass is 343 g/mol. The average molecular weight is 343 g/mol. The van der Waals surface area contributed by atoms with E-state index < -0.39 is 17.9 Å². The van der Waals surface area contributed by atoms with Crippen LogP contribution in [0.2, 0.25) is 0 Å². The van der Waals surface area contributed by atoms with E-state index in [4.69, 9.17) is 9.47 Å². The molecule has 6 nitrogen and oxygen atoms in total. The molecule has 0 saturated heterocycles. The van der Waals surface area contributed by atoms with Crippen molar-refractivity contribution in [2.75, 3.05) is 13.7 Å². The first-order valence-electron chi connectivity index (χ1n) is 7.86. The van der Waals surface area contributed by atoms with Gasteiger partial charge < -0.3 is 19.9 Å². The third kappa shape index (κ3) is 5.93. The number of nitrogens with one attached hydrogen (secondary N) is 1. The number of carboxylic acids is 1. The van der Waals surface area contributed by atoms with Crippen LogP contribution in [0.4, 0.5) is 0 Å². The average Bonchev–Trinajstić information content (AvgIpc) is 2.62. The summed E-state index contributed by atoms with van der Waals surface area (Å²) in [5, 5.41) is 11.8. The minimum absolute atomic E-state index is 0.129. The van der Waals surface area contributed by atoms with Crippen LogP contribution in [0.25, 0.3) is 0 Å². The van der Waals surface area contributed by atoms with Gasteiger partial charge in [-0.3, -0.25) is 4.79 Å². The maximum absolute atomic E-state index is 12.0. The van der Waals surface area contributed by atoms with E-state index >= 15 is 0 Å². The number of hydrogen-bond acceptors (Lipinski definition) is 4. The molecule has 132 valence electrons. The van der Waals surface area contributed by atoms with Crippen molar-refractivity contribution >= 4 is 11.9 Å². The molecule has 2 rings (SSSR count). The number of hydrogen-bond donors (Lipinski definition) is 2. The molecular formula is C19H21NO5. The topological polar surface area (TPSA) is 84.9 Å². The molecule has 0 aliphatic heterocycles. The fraction of sp³-hybridized carbons (Fsp3) is 0.263. The molecule has 0 spiro atoms. The van der Waals surface area contributed by atoms with Crippen LogP contribution in [0, 0.1) is 0 Å². The van der Waals surface area contributed by atoms with Crippen LogP contribution in [0.1, 0.15) is 11.1 Å². The smallest absolute Gasteiger partial charge is 0.326 e. The lowest BCUT2D eigenvalue weighted by Gasteiger charge is -2.16. The molecule has 0 aliphatic rings. The van der Waals surface area contributed by atoms with Crippen molar-refractivity contribution in [1.82, 2.24) is 5.32 Å². The molecule has 1 amide bonds. The molecular weight excluding hydrogens is 322 g/mol. The maximum Gasteiger partial charge on any atom is 0.326 e. The molecule has 0 fully saturated rings. The number of aliphatic carboxylic acids is 1. The highest BCUT2D eigenvalue weighted by Crippen LogP contribution is 2.19. The molecule has 2 aromatic carbocycles. The third-order valence-corrected chi connectivity index (χ3v) is 3.59. The maximum atomic E-state index is 12.0. The molecule has 0 aliphatic carbocycles. The van der Waals surface area contributed by atoms with Gasteiger partial charge in [-0.25, -0.2) is 4.79 Å². The zero-order valence-corrected chi connectivity index (χ0v) is 14.0. The molecule has 1 atom stereocenters. The number of para-hydroxylation sites is 1. The Bertz CT molecular complexity index is 702. The van der Waals surface area contributed by atoms with Gasteiger partial charge in [-0.05, 0) is 17.2 Å². The third-order valence-electron chi connectivity index (χ3n) is 3.59. The van der Waals surface area contributed by atoms with Gasteiger partial charge in [0.05, 0.1) is 13.7 Å². The van der Waals surface area contributed by atoms with Gasteiger partial charge >= 0.3 is 5.97 Å². The Morgan fingerprint density at radius 1 is 1.08 bits per heavy atom. The van der Waals surface area contributed by atoms with Gasteiger partial charge in [-0.1, -0.05) is 48.5 Å². The SMILES string of the molecule is COc1ccccc1C[C@H](NC(=O)COCc1ccccc1)C(=O)O. The fourth-order valence-corrected chi connectivity index (χ4v) is 2.36. The largest absolute Gasteiger partial charge is 0.496 e. The number of methoxy groups -OCH3 is 1. The van der Waals surface area contributed by atoms with E-state index in [-0.39, 0.29) is 13.0 Å². The molecule has 2 N–H and O–H groups in total. The van der Waals surface area contributed by atoms with Crippen LogP contribution in [0.5, 0.6) is 5.75 Å². The highest BCUT2D eigenvalue weighted by molar-refractivity contribution is 5.84. The van der Waals surface area contributed by atoms with Crippen LogP contribution in [-0.2, 0) is 27.4 Å². The molecule has 0 saturated carbocycles. The number of carbonyl (C=O) groups is 2. The summed E-state index contributed by atoms with van der Waals surface area (Å²) in [6.07, 6.45) is 0.129. The van der Waals surface area contributed by atoms with E-state index in [9.17, 15) is 14.7 Å². The fourth-order valence-electron chi connectivity index (χ4n) is 2.36. The van der Waals surface area contributed by atoms with Crippen molar-refractivity contribution < 1.29 is 24.2 Å². The first-order chi connectivity index (χ1) is 12.1. The van der Waals surface area contributed by atoms with E-state index in [1.54, 1.807) is 24.3 Å². The van der Waals surface area contributed by atoms with E-state index in [0.29, 0.717) is 17.9 Å². The summed E-state index contributed by atoms with van der Waals surface area (Å²) in [6, 6.07) is 15.5. The van der Waals surface area contributed by atoms with Crippen LogP contribution >= 0.6 is 0 Å². The second kappa shape index (κ2) is 9.44. The Hall–Kier alpha value is -2.86. The first kappa shape index (κ1) is 18.5. The summed E-state index contributed by atoms with van der Waals surface area (Å²) in [5.41, 5.74) is 1.65. The molecule has 0 heterocycles. The standard InChI is InChI=1S/C19H21NO5/c1-24-17-10-6-5-9-15(17)11-16(19(22)23)20-18(21)13-25-12-14-7-3-2-4-8-14/h2-10,16H,11-13H2,1H3,(H,20,21)(H,22,23)/t16-/m0/s1. The number of carboxylic acid groups (broad SMARTS) is 1. The predicted molar refractivity (Wildman–Crippen MR) is 92.4 cm³/mol. The molecule has 0 unspecified atom stereocenters. The van der Waals surface area contributed by atoms with Crippen molar-refractivity contribution in [3.8, 4) is 5.75 Å². The minimum Gasteiger partial charge on any atom is -0.496 e. The van der Waals surface area contributed by atoms with E-state index in [2.05, 4.69) is 5.32 Å². The number of ether oxygens (including phenoxy) is 2. The summed E-state index contributed by atoms with van der Waals surface area (Å²) >= 11 is 0. The normalized spacial score (nSPS) is 11.6. The van der Waals surface area contributed by atoms with E-state index in [1.807, 2.05) is 30.3 Å². The summed E-state index contributed by atoms with van der Waals surface area (Å²) in [7, 11) is 1.52. The Morgan fingerprint density at radius 2 is 1.76 bits per heavy atom. The number of benzene rings is 2. The van der Waals surface area contributed by atoms with Crippen LogP contribution in [-0.4, -0.2) is 36.7 Å². The van der Waals surface area contributed by atoms with Crippen molar-refractivity contribution in [3.63, 3.8) is 0 Å². The van der Waals surface area contributed by atoms with Crippen LogP contribution in [0.3, 0.4) is 0 Å². The Kier molecular flexibility index (Phi) is 6.98. The number of carbonyl (C=O) groups excluding carboxylic acids is 1. The highest BCUT2D eigenvalue weighted by atomic mass is 16.5. The Morgan fingerprint density at radius 3 is 2.44 bits per heavy atom. The Labute approximate surface area is 146 Å². The van der Waals surface area contributed by atoms with Gasteiger partial charge in [-0.15, -0.1) is 0 Å². The number of amides is 1. The zero-order valence-electron chi connectivity index (χ0n) is 14.0. The lowest BCUT2D eigenvalue weighted by molar-refractivity contribution is -0.142. The molecule has 2 aromatic rings. The van der Waals surface area contributed by atoms with E-state index in [0.717, 1.165) is 5.56 Å². The van der Waals surface area contributed by atoms with Crippen molar-refractivity contribution in [2.24, 2.45) is 0 Å². The summed E-state index contributed by atoms with van der Waals surface area (Å²) in [6.45, 7) is 0.0864. The van der Waals surface area contributed by atoms with Gasteiger partial charge in [0.25, 0.3) is 0 Å². The van der Waals surface area contributed by atoms with Gasteiger partial charge in [0.2, 0.25) is 5.91 Å². The molecule has 6 heteroatoms.